The van der Waals surface area contributed by atoms with Crippen LogP contribution in [0.5, 0.6) is 0 Å². The fourth-order valence-electron chi connectivity index (χ4n) is 1.75. The highest BCUT2D eigenvalue weighted by Gasteiger charge is 2.00. The SMILES string of the molecule is CCCCCCCCC(=O)CC/C=C/SC(C)C. The first-order valence-corrected chi connectivity index (χ1v) is 8.43. The van der Waals surface area contributed by atoms with Crippen LogP contribution in [0, 0.1) is 0 Å². The van der Waals surface area contributed by atoms with Gasteiger partial charge < -0.3 is 0 Å². The van der Waals surface area contributed by atoms with Gasteiger partial charge in [0.2, 0.25) is 0 Å². The van der Waals surface area contributed by atoms with E-state index in [2.05, 4.69) is 32.3 Å². The summed E-state index contributed by atoms with van der Waals surface area (Å²) in [6.45, 7) is 6.59. The number of unbranched alkanes of at least 4 members (excludes halogenated alkanes) is 5. The maximum atomic E-state index is 11.6. The Morgan fingerprint density at radius 3 is 2.39 bits per heavy atom. The van der Waals surface area contributed by atoms with Crippen LogP contribution >= 0.6 is 11.8 Å². The van der Waals surface area contributed by atoms with Gasteiger partial charge in [-0.15, -0.1) is 11.8 Å². The number of carbonyl (C=O) groups excluding carboxylic acids is 1. The van der Waals surface area contributed by atoms with E-state index in [0.29, 0.717) is 11.0 Å². The van der Waals surface area contributed by atoms with Crippen molar-refractivity contribution < 1.29 is 4.79 Å². The minimum absolute atomic E-state index is 0.435. The van der Waals surface area contributed by atoms with Crippen molar-refractivity contribution in [2.45, 2.75) is 83.8 Å². The van der Waals surface area contributed by atoms with E-state index in [1.807, 2.05) is 11.8 Å². The number of carbonyl (C=O) groups is 1. The van der Waals surface area contributed by atoms with Crippen molar-refractivity contribution in [1.82, 2.24) is 0 Å². The summed E-state index contributed by atoms with van der Waals surface area (Å²) in [5, 5.41) is 2.77. The quantitative estimate of drug-likeness (QED) is 0.420. The van der Waals surface area contributed by atoms with Crippen LogP contribution in [-0.4, -0.2) is 11.0 Å². The molecule has 0 radical (unpaired) electrons. The summed E-state index contributed by atoms with van der Waals surface area (Å²) in [7, 11) is 0. The molecule has 0 aliphatic rings. The lowest BCUT2D eigenvalue weighted by molar-refractivity contribution is -0.119. The Bertz CT molecular complexity index is 221. The molecule has 0 aromatic heterocycles. The average molecular weight is 270 g/mol. The normalized spacial score (nSPS) is 11.6. The monoisotopic (exact) mass is 270 g/mol. The highest BCUT2D eigenvalue weighted by molar-refractivity contribution is 8.02. The molecule has 0 rings (SSSR count). The first-order chi connectivity index (χ1) is 8.66. The predicted octanol–water partition coefficient (Wildman–Crippen LogP) is 5.74. The highest BCUT2D eigenvalue weighted by Crippen LogP contribution is 2.12. The summed E-state index contributed by atoms with van der Waals surface area (Å²) in [5.74, 6) is 0.435. The molecular weight excluding hydrogens is 240 g/mol. The Hall–Kier alpha value is -0.240. The summed E-state index contributed by atoms with van der Waals surface area (Å²) in [6.07, 6.45) is 12.1. The molecule has 0 heterocycles. The molecule has 106 valence electrons. The van der Waals surface area contributed by atoms with Gasteiger partial charge in [-0.05, 0) is 18.2 Å². The molecule has 0 N–H and O–H groups in total. The zero-order valence-electron chi connectivity index (χ0n) is 12.4. The van der Waals surface area contributed by atoms with Gasteiger partial charge in [0.05, 0.1) is 0 Å². The molecule has 0 aliphatic heterocycles. The third-order valence-corrected chi connectivity index (χ3v) is 3.74. The third kappa shape index (κ3) is 13.8. The summed E-state index contributed by atoms with van der Waals surface area (Å²) in [4.78, 5) is 11.6. The Kier molecular flexibility index (Phi) is 13.0. The molecule has 0 unspecified atom stereocenters. The van der Waals surface area contributed by atoms with Crippen LogP contribution in [0.25, 0.3) is 0 Å². The first kappa shape index (κ1) is 17.8. The van der Waals surface area contributed by atoms with Crippen LogP contribution in [0.4, 0.5) is 0 Å². The van der Waals surface area contributed by atoms with Gasteiger partial charge in [-0.1, -0.05) is 59.0 Å². The topological polar surface area (TPSA) is 17.1 Å². The lowest BCUT2D eigenvalue weighted by atomic mass is 10.1. The molecule has 1 nitrogen and oxygen atoms in total. The first-order valence-electron chi connectivity index (χ1n) is 7.49. The predicted molar refractivity (Wildman–Crippen MR) is 84.1 cm³/mol. The fourth-order valence-corrected chi connectivity index (χ4v) is 2.31. The van der Waals surface area contributed by atoms with Crippen LogP contribution in [0.2, 0.25) is 0 Å². The molecule has 0 saturated heterocycles. The Morgan fingerprint density at radius 2 is 1.72 bits per heavy atom. The molecule has 0 bridgehead atoms. The molecule has 2 heteroatoms. The molecule has 0 fully saturated rings. The Labute approximate surface area is 118 Å². The molecule has 0 atom stereocenters. The second kappa shape index (κ2) is 13.2. The van der Waals surface area contributed by atoms with Gasteiger partial charge in [0.1, 0.15) is 5.78 Å². The lowest BCUT2D eigenvalue weighted by Crippen LogP contribution is -1.96. The summed E-state index contributed by atoms with van der Waals surface area (Å²) < 4.78 is 0. The summed E-state index contributed by atoms with van der Waals surface area (Å²) in [6, 6.07) is 0. The largest absolute Gasteiger partial charge is 0.300 e. The fraction of sp³-hybridized carbons (Fsp3) is 0.812. The minimum Gasteiger partial charge on any atom is -0.300 e. The number of allylic oxidation sites excluding steroid dienone is 1. The Morgan fingerprint density at radius 1 is 1.06 bits per heavy atom. The van der Waals surface area contributed by atoms with E-state index in [9.17, 15) is 4.79 Å². The van der Waals surface area contributed by atoms with Crippen LogP contribution in [0.1, 0.15) is 78.6 Å². The van der Waals surface area contributed by atoms with Gasteiger partial charge in [0.15, 0.2) is 0 Å². The van der Waals surface area contributed by atoms with E-state index in [0.717, 1.165) is 25.7 Å². The second-order valence-corrected chi connectivity index (χ2v) is 6.64. The Balaban J connectivity index is 3.30. The molecule has 0 aromatic rings. The maximum absolute atomic E-state index is 11.6. The van der Waals surface area contributed by atoms with Crippen LogP contribution in [0.15, 0.2) is 11.5 Å². The third-order valence-electron chi connectivity index (χ3n) is 2.85. The van der Waals surface area contributed by atoms with Gasteiger partial charge >= 0.3 is 0 Å². The van der Waals surface area contributed by atoms with E-state index in [1.165, 1.54) is 32.1 Å². The van der Waals surface area contributed by atoms with E-state index in [4.69, 9.17) is 0 Å². The van der Waals surface area contributed by atoms with Crippen molar-refractivity contribution in [3.8, 4) is 0 Å². The standard InChI is InChI=1S/C16H30OS/c1-4-5-6-7-8-9-12-16(17)13-10-11-14-18-15(2)3/h11,14-15H,4-10,12-13H2,1-3H3/b14-11+. The smallest absolute Gasteiger partial charge is 0.133 e. The van der Waals surface area contributed by atoms with E-state index in [1.54, 1.807) is 0 Å². The average Bonchev–Trinajstić information content (AvgIpc) is 2.33. The van der Waals surface area contributed by atoms with Crippen molar-refractivity contribution in [3.05, 3.63) is 11.5 Å². The lowest BCUT2D eigenvalue weighted by Gasteiger charge is -2.00. The molecule has 0 amide bonds. The minimum atomic E-state index is 0.435. The van der Waals surface area contributed by atoms with Crippen LogP contribution in [-0.2, 0) is 4.79 Å². The molecule has 0 spiro atoms. The summed E-state index contributed by atoms with van der Waals surface area (Å²) >= 11 is 1.82. The van der Waals surface area contributed by atoms with Crippen molar-refractivity contribution in [3.63, 3.8) is 0 Å². The van der Waals surface area contributed by atoms with Gasteiger partial charge in [-0.2, -0.15) is 0 Å². The van der Waals surface area contributed by atoms with Gasteiger partial charge in [0, 0.05) is 18.1 Å². The summed E-state index contributed by atoms with van der Waals surface area (Å²) in [5.41, 5.74) is 0. The molecule has 0 saturated carbocycles. The van der Waals surface area contributed by atoms with Gasteiger partial charge in [-0.25, -0.2) is 0 Å². The maximum Gasteiger partial charge on any atom is 0.133 e. The number of Topliss-reactive ketones (excluding diaryl/α,β-unsaturated/α-hetero) is 1. The number of hydrogen-bond donors (Lipinski definition) is 0. The highest BCUT2D eigenvalue weighted by atomic mass is 32.2. The van der Waals surface area contributed by atoms with Crippen molar-refractivity contribution in [1.29, 1.82) is 0 Å². The van der Waals surface area contributed by atoms with E-state index < -0.39 is 0 Å². The zero-order valence-corrected chi connectivity index (χ0v) is 13.2. The van der Waals surface area contributed by atoms with E-state index >= 15 is 0 Å². The number of thioether (sulfide) groups is 1. The van der Waals surface area contributed by atoms with Crippen molar-refractivity contribution in [2.24, 2.45) is 0 Å². The number of rotatable bonds is 12. The van der Waals surface area contributed by atoms with Gasteiger partial charge in [-0.3, -0.25) is 4.79 Å². The van der Waals surface area contributed by atoms with Crippen molar-refractivity contribution >= 4 is 17.5 Å². The van der Waals surface area contributed by atoms with Crippen LogP contribution in [0.3, 0.4) is 0 Å². The molecule has 0 aliphatic carbocycles. The number of hydrogen-bond acceptors (Lipinski definition) is 2. The molecular formula is C16H30OS. The van der Waals surface area contributed by atoms with E-state index in [-0.39, 0.29) is 0 Å². The van der Waals surface area contributed by atoms with Crippen LogP contribution < -0.4 is 0 Å². The zero-order chi connectivity index (χ0) is 13.6. The number of ketones is 1. The molecule has 0 aromatic carbocycles. The van der Waals surface area contributed by atoms with Crippen molar-refractivity contribution in [2.75, 3.05) is 0 Å². The molecule has 18 heavy (non-hydrogen) atoms. The second-order valence-electron chi connectivity index (χ2n) is 5.15. The van der Waals surface area contributed by atoms with Gasteiger partial charge in [0.25, 0.3) is 0 Å².